The third kappa shape index (κ3) is 3.68. The monoisotopic (exact) mass is 387 g/mol. The molecule has 1 aliphatic carbocycles. The molecule has 1 saturated heterocycles. The molecular formula is C23H25N5O. The first kappa shape index (κ1) is 18.1. The Morgan fingerprint density at radius 1 is 1.10 bits per heavy atom. The minimum absolute atomic E-state index is 0.0339. The van der Waals surface area contributed by atoms with Gasteiger partial charge in [0.25, 0.3) is 5.91 Å². The molecule has 1 saturated carbocycles. The fraction of sp³-hybridized carbons (Fsp3) is 0.348. The highest BCUT2D eigenvalue weighted by Gasteiger charge is 2.51. The average Bonchev–Trinajstić information content (AvgIpc) is 3.29. The molecule has 1 aromatic heterocycles. The number of nitrogens with zero attached hydrogens (tertiary/aromatic N) is 4. The molecule has 1 atom stereocenters. The van der Waals surface area contributed by atoms with Gasteiger partial charge in [0.2, 0.25) is 0 Å². The first-order valence-corrected chi connectivity index (χ1v) is 10.3. The topological polar surface area (TPSA) is 63.1 Å². The van der Waals surface area contributed by atoms with Crippen LogP contribution in [0.2, 0.25) is 0 Å². The maximum absolute atomic E-state index is 13.0. The Balaban J connectivity index is 1.27. The van der Waals surface area contributed by atoms with Crippen molar-refractivity contribution in [3.8, 4) is 5.69 Å². The van der Waals surface area contributed by atoms with Gasteiger partial charge < -0.3 is 5.32 Å². The molecule has 148 valence electrons. The van der Waals surface area contributed by atoms with Gasteiger partial charge in [-0.3, -0.25) is 9.69 Å². The summed E-state index contributed by atoms with van der Waals surface area (Å²) in [4.78, 5) is 15.7. The van der Waals surface area contributed by atoms with E-state index in [1.54, 1.807) is 17.1 Å². The molecule has 2 fully saturated rings. The largest absolute Gasteiger partial charge is 0.349 e. The van der Waals surface area contributed by atoms with Crippen molar-refractivity contribution >= 4 is 5.91 Å². The highest BCUT2D eigenvalue weighted by Crippen LogP contribution is 2.49. The van der Waals surface area contributed by atoms with Gasteiger partial charge in [0.1, 0.15) is 0 Å². The van der Waals surface area contributed by atoms with Gasteiger partial charge in [-0.2, -0.15) is 0 Å². The molecule has 1 aliphatic heterocycles. The first-order valence-electron chi connectivity index (χ1n) is 10.3. The summed E-state index contributed by atoms with van der Waals surface area (Å²) in [7, 11) is 0. The van der Waals surface area contributed by atoms with Crippen LogP contribution < -0.4 is 5.32 Å². The van der Waals surface area contributed by atoms with Crippen LogP contribution in [-0.2, 0) is 6.54 Å². The van der Waals surface area contributed by atoms with E-state index < -0.39 is 0 Å². The number of nitrogens with one attached hydrogen (secondary N) is 1. The molecule has 0 radical (unpaired) electrons. The summed E-state index contributed by atoms with van der Waals surface area (Å²) in [5.74, 6) is -0.0339. The number of hydrogen-bond donors (Lipinski definition) is 1. The van der Waals surface area contributed by atoms with Gasteiger partial charge in [-0.1, -0.05) is 47.7 Å². The lowest BCUT2D eigenvalue weighted by Crippen LogP contribution is -2.51. The van der Waals surface area contributed by atoms with E-state index >= 15 is 0 Å². The smallest absolute Gasteiger partial charge is 0.253 e. The van der Waals surface area contributed by atoms with Crippen molar-refractivity contribution in [2.75, 3.05) is 6.54 Å². The van der Waals surface area contributed by atoms with Crippen LogP contribution in [0, 0.1) is 0 Å². The predicted octanol–water partition coefficient (Wildman–Crippen LogP) is 3.19. The Morgan fingerprint density at radius 2 is 1.90 bits per heavy atom. The van der Waals surface area contributed by atoms with Crippen LogP contribution in [0.5, 0.6) is 0 Å². The van der Waals surface area contributed by atoms with Crippen molar-refractivity contribution in [2.24, 2.45) is 0 Å². The number of carbonyl (C=O) groups excluding carboxylic acids is 1. The van der Waals surface area contributed by atoms with E-state index in [-0.39, 0.29) is 17.5 Å². The summed E-state index contributed by atoms with van der Waals surface area (Å²) in [5.41, 5.74) is 3.01. The SMILES string of the molecule is O=C(NC1CCN(Cc2ccccc2)C2(CC2)C1)c1ccccc1-n1ccnn1. The number of piperidine rings is 1. The first-order chi connectivity index (χ1) is 14.2. The van der Waals surface area contributed by atoms with Gasteiger partial charge in [-0.05, 0) is 43.4 Å². The minimum atomic E-state index is -0.0339. The molecule has 6 heteroatoms. The van der Waals surface area contributed by atoms with Crippen LogP contribution in [0.1, 0.15) is 41.6 Å². The lowest BCUT2D eigenvalue weighted by atomic mass is 9.94. The average molecular weight is 387 g/mol. The number of likely N-dealkylation sites (tertiary alicyclic amines) is 1. The van der Waals surface area contributed by atoms with E-state index in [4.69, 9.17) is 0 Å². The summed E-state index contributed by atoms with van der Waals surface area (Å²) < 4.78 is 1.64. The number of hydrogen-bond acceptors (Lipinski definition) is 4. The molecule has 0 bridgehead atoms. The van der Waals surface area contributed by atoms with Crippen LogP contribution in [0.3, 0.4) is 0 Å². The molecule has 5 rings (SSSR count). The van der Waals surface area contributed by atoms with E-state index in [0.717, 1.165) is 31.6 Å². The molecule has 1 unspecified atom stereocenters. The fourth-order valence-corrected chi connectivity index (χ4v) is 4.54. The van der Waals surface area contributed by atoms with E-state index in [2.05, 4.69) is 50.9 Å². The molecule has 6 nitrogen and oxygen atoms in total. The zero-order chi connectivity index (χ0) is 19.7. The maximum Gasteiger partial charge on any atom is 0.253 e. The second-order valence-corrected chi connectivity index (χ2v) is 8.16. The zero-order valence-electron chi connectivity index (χ0n) is 16.4. The van der Waals surface area contributed by atoms with Gasteiger partial charge in [0, 0.05) is 24.7 Å². The number of rotatable bonds is 5. The van der Waals surface area contributed by atoms with Crippen LogP contribution in [0.15, 0.2) is 67.0 Å². The Hall–Kier alpha value is -2.99. The Bertz CT molecular complexity index is 982. The molecule has 1 spiro atoms. The molecule has 29 heavy (non-hydrogen) atoms. The highest BCUT2D eigenvalue weighted by molar-refractivity contribution is 5.97. The van der Waals surface area contributed by atoms with E-state index in [1.165, 1.54) is 18.4 Å². The molecule has 1 amide bonds. The summed E-state index contributed by atoms with van der Waals surface area (Å²) in [6, 6.07) is 18.4. The summed E-state index contributed by atoms with van der Waals surface area (Å²) in [5, 5.41) is 11.2. The second-order valence-electron chi connectivity index (χ2n) is 8.16. The van der Waals surface area contributed by atoms with Crippen LogP contribution in [0.25, 0.3) is 5.69 Å². The Morgan fingerprint density at radius 3 is 2.66 bits per heavy atom. The van der Waals surface area contributed by atoms with Crippen molar-refractivity contribution in [1.82, 2.24) is 25.2 Å². The van der Waals surface area contributed by atoms with Gasteiger partial charge in [-0.15, -0.1) is 5.10 Å². The van der Waals surface area contributed by atoms with Crippen LogP contribution in [0.4, 0.5) is 0 Å². The van der Waals surface area contributed by atoms with E-state index in [0.29, 0.717) is 5.56 Å². The second kappa shape index (κ2) is 7.44. The van der Waals surface area contributed by atoms with Crippen LogP contribution in [-0.4, -0.2) is 43.9 Å². The van der Waals surface area contributed by atoms with Crippen molar-refractivity contribution in [1.29, 1.82) is 0 Å². The highest BCUT2D eigenvalue weighted by atomic mass is 16.1. The van der Waals surface area contributed by atoms with Crippen molar-refractivity contribution in [3.05, 3.63) is 78.1 Å². The van der Waals surface area contributed by atoms with Gasteiger partial charge in [0.15, 0.2) is 0 Å². The standard InChI is InChI=1S/C23H25N5O/c29-22(20-8-4-5-9-21(20)28-15-13-24-26-28)25-19-10-14-27(23(16-19)11-12-23)17-18-6-2-1-3-7-18/h1-9,13,15,19H,10-12,14,16-17H2,(H,25,29). The van der Waals surface area contributed by atoms with Crippen LogP contribution >= 0.6 is 0 Å². The summed E-state index contributed by atoms with van der Waals surface area (Å²) >= 11 is 0. The normalized spacial score (nSPS) is 20.5. The number of carbonyl (C=O) groups is 1. The van der Waals surface area contributed by atoms with E-state index in [1.807, 2.05) is 24.3 Å². The van der Waals surface area contributed by atoms with Crippen molar-refractivity contribution < 1.29 is 4.79 Å². The Kier molecular flexibility index (Phi) is 4.64. The summed E-state index contributed by atoms with van der Waals surface area (Å²) in [6.45, 7) is 2.02. The molecule has 2 aliphatic rings. The van der Waals surface area contributed by atoms with E-state index in [9.17, 15) is 4.79 Å². The minimum Gasteiger partial charge on any atom is -0.349 e. The molecule has 3 aromatic rings. The van der Waals surface area contributed by atoms with Crippen molar-refractivity contribution in [3.63, 3.8) is 0 Å². The molecule has 2 heterocycles. The van der Waals surface area contributed by atoms with Crippen molar-refractivity contribution in [2.45, 2.75) is 43.8 Å². The molecule has 1 N–H and O–H groups in total. The molecular weight excluding hydrogens is 362 g/mol. The number of amides is 1. The number of aromatic nitrogens is 3. The van der Waals surface area contributed by atoms with Gasteiger partial charge in [0.05, 0.1) is 23.6 Å². The third-order valence-corrected chi connectivity index (χ3v) is 6.24. The van der Waals surface area contributed by atoms with Gasteiger partial charge >= 0.3 is 0 Å². The Labute approximate surface area is 170 Å². The molecule has 2 aromatic carbocycles. The quantitative estimate of drug-likeness (QED) is 0.730. The maximum atomic E-state index is 13.0. The number of para-hydroxylation sites is 1. The predicted molar refractivity (Wildman–Crippen MR) is 111 cm³/mol. The lowest BCUT2D eigenvalue weighted by molar-refractivity contribution is 0.0796. The lowest BCUT2D eigenvalue weighted by Gasteiger charge is -2.40. The number of benzene rings is 2. The fourth-order valence-electron chi connectivity index (χ4n) is 4.54. The third-order valence-electron chi connectivity index (χ3n) is 6.24. The van der Waals surface area contributed by atoms with Gasteiger partial charge in [-0.25, -0.2) is 4.68 Å². The summed E-state index contributed by atoms with van der Waals surface area (Å²) in [6.07, 6.45) is 7.83. The zero-order valence-corrected chi connectivity index (χ0v) is 16.4.